The molecule has 1 unspecified atom stereocenters. The van der Waals surface area contributed by atoms with Crippen LogP contribution >= 0.6 is 23.2 Å². The first-order valence-electron chi connectivity index (χ1n) is 9.56. The molecular formula is C22H22Cl2N2O4. The van der Waals surface area contributed by atoms with Crippen LogP contribution in [0.2, 0.25) is 10.0 Å². The second-order valence-corrected chi connectivity index (χ2v) is 8.00. The third kappa shape index (κ3) is 4.67. The predicted molar refractivity (Wildman–Crippen MR) is 115 cm³/mol. The van der Waals surface area contributed by atoms with E-state index in [9.17, 15) is 14.7 Å². The van der Waals surface area contributed by atoms with E-state index in [0.717, 1.165) is 0 Å². The van der Waals surface area contributed by atoms with Crippen LogP contribution in [-0.4, -0.2) is 45.9 Å². The summed E-state index contributed by atoms with van der Waals surface area (Å²) in [4.78, 5) is 31.3. The zero-order valence-corrected chi connectivity index (χ0v) is 18.2. The lowest BCUT2D eigenvalue weighted by molar-refractivity contribution is -0.140. The monoisotopic (exact) mass is 448 g/mol. The number of rotatable bonds is 7. The number of aliphatic hydroxyl groups excluding tert-OH is 1. The van der Waals surface area contributed by atoms with Gasteiger partial charge in [0.05, 0.1) is 27.8 Å². The molecule has 0 spiro atoms. The predicted octanol–water partition coefficient (Wildman–Crippen LogP) is 4.63. The molecule has 1 saturated heterocycles. The maximum atomic E-state index is 12.9. The number of benzene rings is 1. The number of carbonyl (C=O) groups excluding carboxylic acids is 2. The van der Waals surface area contributed by atoms with Gasteiger partial charge in [-0.25, -0.2) is 0 Å². The van der Waals surface area contributed by atoms with Gasteiger partial charge in [-0.05, 0) is 50.1 Å². The zero-order chi connectivity index (χ0) is 21.8. The Bertz CT molecular complexity index is 976. The van der Waals surface area contributed by atoms with Crippen molar-refractivity contribution in [3.63, 3.8) is 0 Å². The van der Waals surface area contributed by atoms with E-state index in [4.69, 9.17) is 27.9 Å². The number of hydrogen-bond acceptors (Lipinski definition) is 5. The molecule has 1 aliphatic heterocycles. The number of aliphatic hydroxyl groups is 1. The van der Waals surface area contributed by atoms with Gasteiger partial charge in [0.15, 0.2) is 0 Å². The minimum absolute atomic E-state index is 0.00355. The van der Waals surface area contributed by atoms with Crippen LogP contribution in [0.25, 0.3) is 5.76 Å². The molecule has 2 aromatic rings. The topological polar surface area (TPSA) is 79.7 Å². The van der Waals surface area contributed by atoms with Crippen LogP contribution in [0.4, 0.5) is 0 Å². The van der Waals surface area contributed by atoms with Crippen molar-refractivity contribution >= 4 is 40.7 Å². The molecular weight excluding hydrogens is 427 g/mol. The molecule has 0 radical (unpaired) electrons. The van der Waals surface area contributed by atoms with Crippen molar-refractivity contribution in [1.29, 1.82) is 0 Å². The van der Waals surface area contributed by atoms with E-state index in [1.54, 1.807) is 30.6 Å². The van der Waals surface area contributed by atoms with E-state index in [-0.39, 0.29) is 22.5 Å². The normalized spacial score (nSPS) is 18.4. The minimum atomic E-state index is -0.757. The lowest BCUT2D eigenvalue weighted by Gasteiger charge is -2.25. The lowest BCUT2D eigenvalue weighted by Crippen LogP contribution is -2.31. The Balaban J connectivity index is 2.02. The molecule has 2 heterocycles. The Morgan fingerprint density at radius 3 is 2.63 bits per heavy atom. The van der Waals surface area contributed by atoms with Gasteiger partial charge in [-0.2, -0.15) is 0 Å². The van der Waals surface area contributed by atoms with E-state index < -0.39 is 17.7 Å². The van der Waals surface area contributed by atoms with Gasteiger partial charge in [0.25, 0.3) is 11.7 Å². The van der Waals surface area contributed by atoms with E-state index in [1.165, 1.54) is 17.0 Å². The van der Waals surface area contributed by atoms with Crippen molar-refractivity contribution in [3.8, 4) is 0 Å². The van der Waals surface area contributed by atoms with Gasteiger partial charge >= 0.3 is 0 Å². The van der Waals surface area contributed by atoms with Crippen LogP contribution in [0, 0.1) is 0 Å². The molecule has 30 heavy (non-hydrogen) atoms. The smallest absolute Gasteiger partial charge is 0.295 e. The molecule has 8 heteroatoms. The number of pyridine rings is 1. The van der Waals surface area contributed by atoms with E-state index in [0.29, 0.717) is 35.7 Å². The van der Waals surface area contributed by atoms with Crippen LogP contribution in [0.5, 0.6) is 0 Å². The summed E-state index contributed by atoms with van der Waals surface area (Å²) in [5.74, 6) is -1.73. The van der Waals surface area contributed by atoms with Gasteiger partial charge < -0.3 is 14.7 Å². The second-order valence-electron chi connectivity index (χ2n) is 7.18. The highest BCUT2D eigenvalue weighted by Crippen LogP contribution is 2.39. The van der Waals surface area contributed by atoms with Crippen LogP contribution in [-0.2, 0) is 14.3 Å². The summed E-state index contributed by atoms with van der Waals surface area (Å²) >= 11 is 12.0. The number of halogens is 2. The number of Topliss-reactive ketones (excluding diaryl/α,β-unsaturated/α-hetero) is 1. The first-order valence-corrected chi connectivity index (χ1v) is 10.3. The third-order valence-corrected chi connectivity index (χ3v) is 5.47. The van der Waals surface area contributed by atoms with Crippen molar-refractivity contribution in [3.05, 3.63) is 69.5 Å². The fraction of sp³-hybridized carbons (Fsp3) is 0.318. The largest absolute Gasteiger partial charge is 0.507 e. The Kier molecular flexibility index (Phi) is 7.13. The fourth-order valence-electron chi connectivity index (χ4n) is 3.35. The number of ketones is 1. The molecule has 6 nitrogen and oxygen atoms in total. The number of aromatic nitrogens is 1. The zero-order valence-electron chi connectivity index (χ0n) is 16.6. The molecule has 1 aliphatic rings. The Labute approximate surface area is 185 Å². The van der Waals surface area contributed by atoms with Gasteiger partial charge in [-0.3, -0.25) is 14.6 Å². The minimum Gasteiger partial charge on any atom is -0.507 e. The maximum Gasteiger partial charge on any atom is 0.295 e. The van der Waals surface area contributed by atoms with Gasteiger partial charge in [-0.1, -0.05) is 29.3 Å². The maximum absolute atomic E-state index is 12.9. The van der Waals surface area contributed by atoms with Crippen molar-refractivity contribution in [2.24, 2.45) is 0 Å². The third-order valence-electron chi connectivity index (χ3n) is 4.73. The standard InChI is InChI=1S/C22H22Cl2N2O4/c1-13(2)30-10-4-9-26-19(15-5-3-8-25-12-15)18(21(28)22(26)29)20(27)14-6-7-16(23)17(24)11-14/h3,5-8,11-13,19,27H,4,9-10H2,1-2H3/b20-18-. The molecule has 3 rings (SSSR count). The number of amides is 1. The van der Waals surface area contributed by atoms with Crippen LogP contribution in [0.3, 0.4) is 0 Å². The second kappa shape index (κ2) is 9.60. The SMILES string of the molecule is CC(C)OCCCN1C(=O)C(=O)/C(=C(\O)c2ccc(Cl)c(Cl)c2)C1c1cccnc1. The molecule has 1 N–H and O–H groups in total. The van der Waals surface area contributed by atoms with Gasteiger partial charge in [-0.15, -0.1) is 0 Å². The van der Waals surface area contributed by atoms with Crippen molar-refractivity contribution in [1.82, 2.24) is 9.88 Å². The average molecular weight is 449 g/mol. The highest BCUT2D eigenvalue weighted by Gasteiger charge is 2.45. The number of ether oxygens (including phenoxy) is 1. The number of nitrogens with zero attached hydrogens (tertiary/aromatic N) is 2. The summed E-state index contributed by atoms with van der Waals surface area (Å²) in [6, 6.07) is 7.26. The Hall–Kier alpha value is -2.41. The molecule has 0 saturated carbocycles. The number of hydrogen-bond donors (Lipinski definition) is 1. The fourth-order valence-corrected chi connectivity index (χ4v) is 3.65. The van der Waals surface area contributed by atoms with E-state index in [1.807, 2.05) is 13.8 Å². The summed E-state index contributed by atoms with van der Waals surface area (Å²) in [6.07, 6.45) is 3.81. The molecule has 0 bridgehead atoms. The molecule has 0 aliphatic carbocycles. The summed E-state index contributed by atoms with van der Waals surface area (Å²) < 4.78 is 5.55. The number of likely N-dealkylation sites (tertiary alicyclic amines) is 1. The van der Waals surface area contributed by atoms with Crippen molar-refractivity contribution in [2.45, 2.75) is 32.4 Å². The molecule has 1 atom stereocenters. The van der Waals surface area contributed by atoms with Gasteiger partial charge in [0, 0.05) is 31.1 Å². The van der Waals surface area contributed by atoms with E-state index >= 15 is 0 Å². The quantitative estimate of drug-likeness (QED) is 0.289. The molecule has 1 aromatic heterocycles. The molecule has 1 amide bonds. The Morgan fingerprint density at radius 1 is 1.23 bits per heavy atom. The highest BCUT2D eigenvalue weighted by atomic mass is 35.5. The number of carbonyl (C=O) groups is 2. The lowest BCUT2D eigenvalue weighted by atomic mass is 9.96. The van der Waals surface area contributed by atoms with Crippen molar-refractivity contribution in [2.75, 3.05) is 13.2 Å². The molecule has 158 valence electrons. The van der Waals surface area contributed by atoms with E-state index in [2.05, 4.69) is 4.98 Å². The van der Waals surface area contributed by atoms with Crippen LogP contribution in [0.15, 0.2) is 48.3 Å². The van der Waals surface area contributed by atoms with Gasteiger partial charge in [0.1, 0.15) is 5.76 Å². The Morgan fingerprint density at radius 2 is 2.00 bits per heavy atom. The average Bonchev–Trinajstić information content (AvgIpc) is 2.98. The van der Waals surface area contributed by atoms with Crippen molar-refractivity contribution < 1.29 is 19.4 Å². The molecule has 1 fully saturated rings. The van der Waals surface area contributed by atoms with Crippen LogP contribution in [0.1, 0.15) is 37.4 Å². The van der Waals surface area contributed by atoms with Crippen LogP contribution < -0.4 is 0 Å². The van der Waals surface area contributed by atoms with Gasteiger partial charge in [0.2, 0.25) is 0 Å². The summed E-state index contributed by atoms with van der Waals surface area (Å²) in [5.41, 5.74) is 0.929. The first-order chi connectivity index (χ1) is 14.3. The molecule has 1 aromatic carbocycles. The summed E-state index contributed by atoms with van der Waals surface area (Å²) in [7, 11) is 0. The first kappa shape index (κ1) is 22.3. The summed E-state index contributed by atoms with van der Waals surface area (Å²) in [6.45, 7) is 4.61. The highest BCUT2D eigenvalue weighted by molar-refractivity contribution is 6.46. The summed E-state index contributed by atoms with van der Waals surface area (Å²) in [5, 5.41) is 11.5.